The van der Waals surface area contributed by atoms with Gasteiger partial charge in [-0.1, -0.05) is 30.3 Å². The van der Waals surface area contributed by atoms with Crippen molar-refractivity contribution in [3.8, 4) is 10.6 Å². The predicted octanol–water partition coefficient (Wildman–Crippen LogP) is 4.52. The Morgan fingerprint density at radius 2 is 2.00 bits per heavy atom. The Hall–Kier alpha value is -1.53. The van der Waals surface area contributed by atoms with Gasteiger partial charge < -0.3 is 4.74 Å². The van der Waals surface area contributed by atoms with Crippen LogP contribution in [0.1, 0.15) is 18.2 Å². The first-order valence-corrected chi connectivity index (χ1v) is 9.30. The van der Waals surface area contributed by atoms with Crippen molar-refractivity contribution < 1.29 is 4.74 Å². The minimum absolute atomic E-state index is 0.234. The first kappa shape index (κ1) is 16.3. The number of methoxy groups -OCH3 is 1. The highest BCUT2D eigenvalue weighted by Gasteiger charge is 2.26. The highest BCUT2D eigenvalue weighted by Crippen LogP contribution is 2.26. The first-order chi connectivity index (χ1) is 11.2. The summed E-state index contributed by atoms with van der Waals surface area (Å²) in [7, 11) is 1.74. The molecule has 0 amide bonds. The van der Waals surface area contributed by atoms with Crippen LogP contribution >= 0.6 is 22.7 Å². The predicted molar refractivity (Wildman–Crippen MR) is 97.9 cm³/mol. The molecule has 0 saturated carbocycles. The highest BCUT2D eigenvalue weighted by molar-refractivity contribution is 7.14. The van der Waals surface area contributed by atoms with Gasteiger partial charge in [-0.25, -0.2) is 4.98 Å². The topological polar surface area (TPSA) is 34.1 Å². The summed E-state index contributed by atoms with van der Waals surface area (Å²) in [5.41, 5.74) is 3.25. The van der Waals surface area contributed by atoms with Crippen LogP contribution in [0.2, 0.25) is 0 Å². The van der Waals surface area contributed by atoms with E-state index in [1.165, 1.54) is 11.1 Å². The maximum Gasteiger partial charge on any atom is 0.124 e. The lowest BCUT2D eigenvalue weighted by Gasteiger charge is -2.30. The number of hydrogen-bond donors (Lipinski definition) is 1. The highest BCUT2D eigenvalue weighted by atomic mass is 32.1. The molecule has 1 aromatic carbocycles. The lowest BCUT2D eigenvalue weighted by molar-refractivity contribution is 0.117. The van der Waals surface area contributed by atoms with Crippen LogP contribution in [0.4, 0.5) is 0 Å². The van der Waals surface area contributed by atoms with Crippen LogP contribution in [0.25, 0.3) is 10.6 Å². The maximum absolute atomic E-state index is 5.44. The molecule has 0 aliphatic carbocycles. The Morgan fingerprint density at radius 1 is 1.17 bits per heavy atom. The molecule has 2 heterocycles. The molecule has 1 unspecified atom stereocenters. The minimum Gasteiger partial charge on any atom is -0.382 e. The van der Waals surface area contributed by atoms with Crippen molar-refractivity contribution in [2.24, 2.45) is 0 Å². The Bertz CT molecular complexity index is 725. The van der Waals surface area contributed by atoms with Gasteiger partial charge in [0.2, 0.25) is 0 Å². The number of ether oxygens (including phenoxy) is 1. The number of hydrogen-bond acceptors (Lipinski definition) is 5. The average molecular weight is 345 g/mol. The van der Waals surface area contributed by atoms with Crippen LogP contribution in [-0.2, 0) is 16.8 Å². The number of thiophene rings is 1. The van der Waals surface area contributed by atoms with Gasteiger partial charge in [-0.2, -0.15) is 11.3 Å². The largest absolute Gasteiger partial charge is 0.382 e. The van der Waals surface area contributed by atoms with Crippen molar-refractivity contribution in [3.05, 3.63) is 63.8 Å². The molecule has 0 aliphatic rings. The third kappa shape index (κ3) is 3.87. The molecule has 2 aromatic heterocycles. The smallest absolute Gasteiger partial charge is 0.124 e. The molecule has 3 nitrogen and oxygen atoms in total. The fraction of sp³-hybridized carbons (Fsp3) is 0.278. The van der Waals surface area contributed by atoms with Crippen LogP contribution in [0.5, 0.6) is 0 Å². The van der Waals surface area contributed by atoms with Gasteiger partial charge >= 0.3 is 0 Å². The lowest BCUT2D eigenvalue weighted by Crippen LogP contribution is -2.43. The normalized spacial score (nSPS) is 13.8. The second-order valence-corrected chi connectivity index (χ2v) is 7.28. The standard InChI is InChI=1S/C18H20N2OS2/c1-18(13-21-2,15-6-4-3-5-7-15)19-10-16-12-23-17(20-16)14-8-9-22-11-14/h3-9,11-12,19H,10,13H2,1-2H3. The summed E-state index contributed by atoms with van der Waals surface area (Å²) in [6, 6.07) is 12.5. The van der Waals surface area contributed by atoms with Gasteiger partial charge in [-0.05, 0) is 23.9 Å². The minimum atomic E-state index is -0.234. The number of rotatable bonds is 7. The second-order valence-electron chi connectivity index (χ2n) is 5.64. The van der Waals surface area contributed by atoms with Gasteiger partial charge in [0.25, 0.3) is 0 Å². The van der Waals surface area contributed by atoms with Gasteiger partial charge in [0.1, 0.15) is 5.01 Å². The molecule has 5 heteroatoms. The molecule has 0 spiro atoms. The van der Waals surface area contributed by atoms with E-state index in [9.17, 15) is 0 Å². The molecule has 3 aromatic rings. The van der Waals surface area contributed by atoms with Gasteiger partial charge in [0, 0.05) is 30.0 Å². The summed E-state index contributed by atoms with van der Waals surface area (Å²) in [6.07, 6.45) is 0. The Labute approximate surface area is 145 Å². The van der Waals surface area contributed by atoms with Crippen LogP contribution in [-0.4, -0.2) is 18.7 Å². The zero-order valence-electron chi connectivity index (χ0n) is 13.3. The molecular weight excluding hydrogens is 324 g/mol. The summed E-state index contributed by atoms with van der Waals surface area (Å²) in [5.74, 6) is 0. The monoisotopic (exact) mass is 344 g/mol. The number of nitrogens with zero attached hydrogens (tertiary/aromatic N) is 1. The van der Waals surface area contributed by atoms with E-state index in [-0.39, 0.29) is 5.54 Å². The van der Waals surface area contributed by atoms with Crippen molar-refractivity contribution >= 4 is 22.7 Å². The number of benzene rings is 1. The van der Waals surface area contributed by atoms with E-state index in [4.69, 9.17) is 9.72 Å². The summed E-state index contributed by atoms with van der Waals surface area (Å²) in [4.78, 5) is 4.73. The zero-order chi connectivity index (χ0) is 16.1. The zero-order valence-corrected chi connectivity index (χ0v) is 14.9. The van der Waals surface area contributed by atoms with Crippen molar-refractivity contribution in [1.29, 1.82) is 0 Å². The van der Waals surface area contributed by atoms with Crippen molar-refractivity contribution in [2.75, 3.05) is 13.7 Å². The van der Waals surface area contributed by atoms with Crippen molar-refractivity contribution in [2.45, 2.75) is 19.0 Å². The number of thiazole rings is 1. The van der Waals surface area contributed by atoms with Crippen LogP contribution in [0, 0.1) is 0 Å². The quantitative estimate of drug-likeness (QED) is 0.684. The third-order valence-electron chi connectivity index (χ3n) is 3.82. The summed E-state index contributed by atoms with van der Waals surface area (Å²) in [6.45, 7) is 3.49. The van der Waals surface area contributed by atoms with E-state index in [1.807, 2.05) is 6.07 Å². The molecule has 0 radical (unpaired) electrons. The van der Waals surface area contributed by atoms with Crippen LogP contribution in [0.15, 0.2) is 52.5 Å². The number of nitrogens with one attached hydrogen (secondary N) is 1. The van der Waals surface area contributed by atoms with E-state index in [1.54, 1.807) is 29.8 Å². The fourth-order valence-corrected chi connectivity index (χ4v) is 4.06. The van der Waals surface area contributed by atoms with E-state index in [0.717, 1.165) is 17.2 Å². The van der Waals surface area contributed by atoms with E-state index in [0.29, 0.717) is 6.61 Å². The van der Waals surface area contributed by atoms with E-state index in [2.05, 4.69) is 58.7 Å². The molecule has 0 fully saturated rings. The Balaban J connectivity index is 1.72. The van der Waals surface area contributed by atoms with Gasteiger partial charge in [-0.3, -0.25) is 5.32 Å². The molecule has 120 valence electrons. The Morgan fingerprint density at radius 3 is 2.70 bits per heavy atom. The second kappa shape index (κ2) is 7.36. The summed E-state index contributed by atoms with van der Waals surface area (Å²) < 4.78 is 5.44. The first-order valence-electron chi connectivity index (χ1n) is 7.48. The molecular formula is C18H20N2OS2. The average Bonchev–Trinajstić information content (AvgIpc) is 3.25. The van der Waals surface area contributed by atoms with E-state index < -0.39 is 0 Å². The van der Waals surface area contributed by atoms with Crippen molar-refractivity contribution in [1.82, 2.24) is 10.3 Å². The third-order valence-corrected chi connectivity index (χ3v) is 5.45. The van der Waals surface area contributed by atoms with Gasteiger partial charge in [0.15, 0.2) is 0 Å². The van der Waals surface area contributed by atoms with Crippen molar-refractivity contribution in [3.63, 3.8) is 0 Å². The summed E-state index contributed by atoms with van der Waals surface area (Å²) >= 11 is 3.39. The van der Waals surface area contributed by atoms with Gasteiger partial charge in [0.05, 0.1) is 17.8 Å². The lowest BCUT2D eigenvalue weighted by atomic mass is 9.93. The molecule has 3 rings (SSSR count). The van der Waals surface area contributed by atoms with E-state index >= 15 is 0 Å². The molecule has 1 atom stereocenters. The molecule has 23 heavy (non-hydrogen) atoms. The molecule has 0 bridgehead atoms. The molecule has 0 aliphatic heterocycles. The van der Waals surface area contributed by atoms with Crippen LogP contribution < -0.4 is 5.32 Å². The molecule has 0 saturated heterocycles. The fourth-order valence-electron chi connectivity index (χ4n) is 2.52. The maximum atomic E-state index is 5.44. The Kier molecular flexibility index (Phi) is 5.23. The molecule has 1 N–H and O–H groups in total. The van der Waals surface area contributed by atoms with Crippen LogP contribution in [0.3, 0.4) is 0 Å². The SMILES string of the molecule is COCC(C)(NCc1csc(-c2ccsc2)n1)c1ccccc1. The summed E-state index contributed by atoms with van der Waals surface area (Å²) in [5, 5.41) is 11.0. The van der Waals surface area contributed by atoms with Gasteiger partial charge in [-0.15, -0.1) is 11.3 Å². The number of aromatic nitrogens is 1.